The van der Waals surface area contributed by atoms with Crippen LogP contribution in [-0.2, 0) is 0 Å². The first kappa shape index (κ1) is 10.9. The number of rotatable bonds is 4. The molecule has 0 aromatic heterocycles. The van der Waals surface area contributed by atoms with Crippen LogP contribution in [0.3, 0.4) is 0 Å². The Hall–Kier alpha value is -1.19. The van der Waals surface area contributed by atoms with E-state index in [0.717, 1.165) is 17.5 Å². The van der Waals surface area contributed by atoms with E-state index in [-0.39, 0.29) is 11.9 Å². The second-order valence-electron chi connectivity index (χ2n) is 3.24. The van der Waals surface area contributed by atoms with Gasteiger partial charge in [0.05, 0.1) is 0 Å². The van der Waals surface area contributed by atoms with Crippen LogP contribution in [0.1, 0.15) is 23.6 Å². The van der Waals surface area contributed by atoms with Crippen LogP contribution in [0.5, 0.6) is 0 Å². The lowest BCUT2D eigenvalue weighted by Crippen LogP contribution is -2.28. The van der Waals surface area contributed by atoms with Crippen molar-refractivity contribution in [3.05, 3.63) is 47.8 Å². The van der Waals surface area contributed by atoms with Crippen LogP contribution >= 0.6 is 0 Å². The van der Waals surface area contributed by atoms with Gasteiger partial charge in [-0.05, 0) is 36.6 Å². The normalized spacial score (nSPS) is 12.5. The molecule has 0 saturated carbocycles. The monoisotopic (exact) mass is 194 g/mol. The highest BCUT2D eigenvalue weighted by atomic mass is 19.1. The molecule has 1 atom stereocenters. The van der Waals surface area contributed by atoms with E-state index < -0.39 is 0 Å². The van der Waals surface area contributed by atoms with E-state index in [9.17, 15) is 4.39 Å². The Bertz CT molecular complexity index is 323. The van der Waals surface area contributed by atoms with Crippen molar-refractivity contribution in [1.82, 2.24) is 5.43 Å². The van der Waals surface area contributed by atoms with Gasteiger partial charge in [0.1, 0.15) is 5.82 Å². The lowest BCUT2D eigenvalue weighted by Gasteiger charge is -2.16. The highest BCUT2D eigenvalue weighted by Crippen LogP contribution is 2.20. The predicted octanol–water partition coefficient (Wildman–Crippen LogP) is 2.21. The van der Waals surface area contributed by atoms with E-state index >= 15 is 0 Å². The minimum absolute atomic E-state index is 0.00750. The van der Waals surface area contributed by atoms with Crippen molar-refractivity contribution in [3.8, 4) is 0 Å². The van der Waals surface area contributed by atoms with E-state index in [1.165, 1.54) is 12.1 Å². The Labute approximate surface area is 83.6 Å². The second kappa shape index (κ2) is 4.88. The van der Waals surface area contributed by atoms with E-state index in [0.29, 0.717) is 0 Å². The Balaban J connectivity index is 2.97. The van der Waals surface area contributed by atoms with Gasteiger partial charge in [0, 0.05) is 6.04 Å². The third kappa shape index (κ3) is 2.40. The average Bonchev–Trinajstić information content (AvgIpc) is 2.15. The van der Waals surface area contributed by atoms with Gasteiger partial charge in [0.15, 0.2) is 0 Å². The summed E-state index contributed by atoms with van der Waals surface area (Å²) in [6.45, 7) is 5.52. The Morgan fingerprint density at radius 1 is 1.64 bits per heavy atom. The van der Waals surface area contributed by atoms with Gasteiger partial charge in [-0.3, -0.25) is 11.3 Å². The molecule has 0 bridgehead atoms. The molecule has 0 fully saturated rings. The summed E-state index contributed by atoms with van der Waals surface area (Å²) in [6, 6.07) is 4.70. The molecule has 0 aliphatic heterocycles. The van der Waals surface area contributed by atoms with Gasteiger partial charge < -0.3 is 0 Å². The third-order valence-electron chi connectivity index (χ3n) is 2.21. The van der Waals surface area contributed by atoms with Gasteiger partial charge in [-0.25, -0.2) is 4.39 Å². The molecule has 0 aliphatic rings. The fourth-order valence-electron chi connectivity index (χ4n) is 1.48. The van der Waals surface area contributed by atoms with Crippen molar-refractivity contribution < 1.29 is 4.39 Å². The number of hydrogen-bond donors (Lipinski definition) is 2. The summed E-state index contributed by atoms with van der Waals surface area (Å²) in [5.74, 6) is 5.18. The van der Waals surface area contributed by atoms with Gasteiger partial charge in [0.25, 0.3) is 0 Å². The summed E-state index contributed by atoms with van der Waals surface area (Å²) in [6.07, 6.45) is 2.51. The molecule has 0 aliphatic carbocycles. The quantitative estimate of drug-likeness (QED) is 0.438. The summed E-state index contributed by atoms with van der Waals surface area (Å²) >= 11 is 0. The van der Waals surface area contributed by atoms with Crippen LogP contribution in [0, 0.1) is 12.7 Å². The topological polar surface area (TPSA) is 38.0 Å². The maximum atomic E-state index is 12.8. The van der Waals surface area contributed by atoms with E-state index in [1.54, 1.807) is 12.1 Å². The van der Waals surface area contributed by atoms with Crippen molar-refractivity contribution in [1.29, 1.82) is 0 Å². The Morgan fingerprint density at radius 2 is 2.36 bits per heavy atom. The maximum absolute atomic E-state index is 12.8. The molecule has 0 spiro atoms. The SMILES string of the molecule is C=CCC(NN)c1ccc(F)cc1C. The number of nitrogens with one attached hydrogen (secondary N) is 1. The van der Waals surface area contributed by atoms with Crippen LogP contribution in [0.25, 0.3) is 0 Å². The summed E-state index contributed by atoms with van der Waals surface area (Å²) in [5, 5.41) is 0. The molecule has 3 heteroatoms. The second-order valence-corrected chi connectivity index (χ2v) is 3.24. The zero-order valence-corrected chi connectivity index (χ0v) is 8.26. The molecule has 3 N–H and O–H groups in total. The lowest BCUT2D eigenvalue weighted by molar-refractivity contribution is 0.555. The Kier molecular flexibility index (Phi) is 3.80. The molecular formula is C11H15FN2. The van der Waals surface area contributed by atoms with Crippen molar-refractivity contribution in [2.45, 2.75) is 19.4 Å². The van der Waals surface area contributed by atoms with Gasteiger partial charge in [-0.2, -0.15) is 0 Å². The fourth-order valence-corrected chi connectivity index (χ4v) is 1.48. The molecule has 0 amide bonds. The molecular weight excluding hydrogens is 179 g/mol. The van der Waals surface area contributed by atoms with Crippen molar-refractivity contribution in [2.24, 2.45) is 5.84 Å². The number of hydrazine groups is 1. The standard InChI is InChI=1S/C11H15FN2/c1-3-4-11(14-13)10-6-5-9(12)7-8(10)2/h3,5-7,11,14H,1,4,13H2,2H3. The summed E-state index contributed by atoms with van der Waals surface area (Å²) < 4.78 is 12.8. The average molecular weight is 194 g/mol. The lowest BCUT2D eigenvalue weighted by atomic mass is 9.99. The molecule has 0 saturated heterocycles. The van der Waals surface area contributed by atoms with E-state index in [2.05, 4.69) is 12.0 Å². The van der Waals surface area contributed by atoms with Crippen LogP contribution in [-0.4, -0.2) is 0 Å². The van der Waals surface area contributed by atoms with Crippen LogP contribution < -0.4 is 11.3 Å². The summed E-state index contributed by atoms with van der Waals surface area (Å²) in [4.78, 5) is 0. The number of halogens is 1. The number of aryl methyl sites for hydroxylation is 1. The van der Waals surface area contributed by atoms with Crippen molar-refractivity contribution >= 4 is 0 Å². The molecule has 1 aromatic rings. The molecule has 2 nitrogen and oxygen atoms in total. The molecule has 14 heavy (non-hydrogen) atoms. The van der Waals surface area contributed by atoms with Gasteiger partial charge in [-0.15, -0.1) is 6.58 Å². The first-order valence-electron chi connectivity index (χ1n) is 4.52. The highest BCUT2D eigenvalue weighted by Gasteiger charge is 2.10. The zero-order valence-electron chi connectivity index (χ0n) is 8.26. The molecule has 1 rings (SSSR count). The number of nitrogens with two attached hydrogens (primary N) is 1. The number of benzene rings is 1. The smallest absolute Gasteiger partial charge is 0.123 e. The highest BCUT2D eigenvalue weighted by molar-refractivity contribution is 5.29. The summed E-state index contributed by atoms with van der Waals surface area (Å²) in [5.41, 5.74) is 4.59. The zero-order chi connectivity index (χ0) is 10.6. The first-order valence-corrected chi connectivity index (χ1v) is 4.52. The molecule has 1 aromatic carbocycles. The van der Waals surface area contributed by atoms with E-state index in [4.69, 9.17) is 5.84 Å². The predicted molar refractivity (Wildman–Crippen MR) is 56.0 cm³/mol. The third-order valence-corrected chi connectivity index (χ3v) is 2.21. The molecule has 0 radical (unpaired) electrons. The fraction of sp³-hybridized carbons (Fsp3) is 0.273. The minimum atomic E-state index is -0.222. The van der Waals surface area contributed by atoms with Gasteiger partial charge >= 0.3 is 0 Å². The van der Waals surface area contributed by atoms with Crippen LogP contribution in [0.2, 0.25) is 0 Å². The minimum Gasteiger partial charge on any atom is -0.271 e. The molecule has 76 valence electrons. The first-order chi connectivity index (χ1) is 6.69. The molecule has 0 heterocycles. The van der Waals surface area contributed by atoms with Crippen LogP contribution in [0.15, 0.2) is 30.9 Å². The van der Waals surface area contributed by atoms with E-state index in [1.807, 2.05) is 6.92 Å². The number of hydrogen-bond acceptors (Lipinski definition) is 2. The molecule has 1 unspecified atom stereocenters. The van der Waals surface area contributed by atoms with Gasteiger partial charge in [0.2, 0.25) is 0 Å². The van der Waals surface area contributed by atoms with Crippen LogP contribution in [0.4, 0.5) is 4.39 Å². The largest absolute Gasteiger partial charge is 0.271 e. The Morgan fingerprint density at radius 3 is 2.86 bits per heavy atom. The van der Waals surface area contributed by atoms with Crippen molar-refractivity contribution in [2.75, 3.05) is 0 Å². The van der Waals surface area contributed by atoms with Gasteiger partial charge in [-0.1, -0.05) is 12.1 Å². The van der Waals surface area contributed by atoms with Crippen molar-refractivity contribution in [3.63, 3.8) is 0 Å². The maximum Gasteiger partial charge on any atom is 0.123 e. The summed E-state index contributed by atoms with van der Waals surface area (Å²) in [7, 11) is 0.